The van der Waals surface area contributed by atoms with Crippen molar-refractivity contribution in [3.05, 3.63) is 101 Å². The number of aryl methyl sites for hydroxylation is 1. The Morgan fingerprint density at radius 2 is 1.72 bits per heavy atom. The number of nitrogens with one attached hydrogen (secondary N) is 2. The van der Waals surface area contributed by atoms with Crippen molar-refractivity contribution in [2.45, 2.75) is 25.3 Å². The summed E-state index contributed by atoms with van der Waals surface area (Å²) in [6, 6.07) is 16.4. The molecular formula is C28H25FN4O6. The van der Waals surface area contributed by atoms with E-state index in [0.717, 1.165) is 27.3 Å². The number of aromatic amines is 1. The second-order valence-electron chi connectivity index (χ2n) is 8.70. The molecule has 0 radical (unpaired) electrons. The number of amides is 2. The molecule has 10 nitrogen and oxygen atoms in total. The Balaban J connectivity index is 1.69. The lowest BCUT2D eigenvalue weighted by Crippen LogP contribution is -2.56. The average molecular weight is 533 g/mol. The molecule has 0 saturated heterocycles. The van der Waals surface area contributed by atoms with Crippen molar-refractivity contribution in [3.63, 3.8) is 0 Å². The third kappa shape index (κ3) is 6.09. The number of carbonyl (C=O) groups excluding carboxylic acids is 3. The lowest BCUT2D eigenvalue weighted by Gasteiger charge is -2.31. The molecule has 2 amide bonds. The van der Waals surface area contributed by atoms with Crippen molar-refractivity contribution in [1.82, 2.24) is 9.66 Å². The molecule has 11 heteroatoms. The summed E-state index contributed by atoms with van der Waals surface area (Å²) in [4.78, 5) is 66.7. The van der Waals surface area contributed by atoms with E-state index >= 15 is 0 Å². The van der Waals surface area contributed by atoms with Crippen LogP contribution in [0, 0.1) is 0 Å². The number of H-pyrrole nitrogens is 1. The number of hydrogen-bond acceptors (Lipinski definition) is 5. The van der Waals surface area contributed by atoms with E-state index in [9.17, 15) is 33.5 Å². The predicted molar refractivity (Wildman–Crippen MR) is 142 cm³/mol. The van der Waals surface area contributed by atoms with Gasteiger partial charge < -0.3 is 15.4 Å². The number of aliphatic carboxylic acids is 1. The number of anilines is 1. The fourth-order valence-electron chi connectivity index (χ4n) is 4.26. The highest BCUT2D eigenvalue weighted by atomic mass is 19.1. The maximum absolute atomic E-state index is 13.5. The fraction of sp³-hybridized carbons (Fsp3) is 0.179. The maximum Gasteiger partial charge on any atom is 0.305 e. The van der Waals surface area contributed by atoms with Crippen LogP contribution < -0.4 is 15.9 Å². The average Bonchev–Trinajstić information content (AvgIpc) is 3.36. The second-order valence-corrected chi connectivity index (χ2v) is 8.70. The number of nitrogens with zero attached hydrogens (tertiary/aromatic N) is 2. The summed E-state index contributed by atoms with van der Waals surface area (Å²) in [6.45, 7) is -1.54. The largest absolute Gasteiger partial charge is 0.481 e. The van der Waals surface area contributed by atoms with E-state index in [1.54, 1.807) is 36.5 Å². The van der Waals surface area contributed by atoms with Crippen LogP contribution >= 0.6 is 0 Å². The van der Waals surface area contributed by atoms with Gasteiger partial charge in [-0.3, -0.25) is 24.0 Å². The number of rotatable bonds is 11. The number of carboxylic acids is 1. The molecule has 0 aliphatic carbocycles. The molecule has 0 aliphatic rings. The standard InChI is InChI=1S/C28H25FN4O6/c29-16-24(34)23(15-26(36)37)33(25(35)13-12-19-17-30-21-10-5-4-9-20(19)21)32-14-6-11-22(28(32)39)31-27(38)18-7-2-1-3-8-18/h1-11,14,17,23,30H,12-13,15-16H2,(H,31,38)(H,36,37)/t23-/m1/s1. The van der Waals surface area contributed by atoms with Crippen LogP contribution in [0.4, 0.5) is 10.1 Å². The Kier molecular flexibility index (Phi) is 8.30. The van der Waals surface area contributed by atoms with Gasteiger partial charge in [-0.2, -0.15) is 0 Å². The normalized spacial score (nSPS) is 11.6. The molecule has 1 atom stereocenters. The lowest BCUT2D eigenvalue weighted by molar-refractivity contribution is -0.140. The van der Waals surface area contributed by atoms with Crippen molar-refractivity contribution >= 4 is 40.2 Å². The van der Waals surface area contributed by atoms with Gasteiger partial charge in [-0.25, -0.2) is 14.1 Å². The van der Waals surface area contributed by atoms with Gasteiger partial charge in [0.2, 0.25) is 5.91 Å². The number of alkyl halides is 1. The number of carboxylic acid groups (broad SMARTS) is 1. The molecule has 0 saturated carbocycles. The molecule has 0 bridgehead atoms. The van der Waals surface area contributed by atoms with E-state index in [1.807, 2.05) is 24.3 Å². The summed E-state index contributed by atoms with van der Waals surface area (Å²) < 4.78 is 14.3. The van der Waals surface area contributed by atoms with E-state index in [0.29, 0.717) is 5.01 Å². The first-order valence-corrected chi connectivity index (χ1v) is 12.1. The number of carbonyl (C=O) groups is 4. The van der Waals surface area contributed by atoms with E-state index < -0.39 is 48.3 Å². The molecule has 0 aliphatic heterocycles. The Hall–Kier alpha value is -5.06. The second kappa shape index (κ2) is 12.0. The highest BCUT2D eigenvalue weighted by Gasteiger charge is 2.34. The summed E-state index contributed by atoms with van der Waals surface area (Å²) in [5.41, 5.74) is 0.801. The molecule has 4 rings (SSSR count). The minimum Gasteiger partial charge on any atom is -0.481 e. The molecule has 0 spiro atoms. The Labute approximate surface area is 221 Å². The number of pyridine rings is 1. The van der Waals surface area contributed by atoms with Crippen molar-refractivity contribution in [2.75, 3.05) is 17.0 Å². The number of fused-ring (bicyclic) bond motifs is 1. The van der Waals surface area contributed by atoms with Gasteiger partial charge in [0.15, 0.2) is 5.78 Å². The molecule has 3 N–H and O–H groups in total. The summed E-state index contributed by atoms with van der Waals surface area (Å²) in [7, 11) is 0. The number of para-hydroxylation sites is 1. The minimum absolute atomic E-state index is 0.197. The highest BCUT2D eigenvalue weighted by molar-refractivity contribution is 6.04. The number of benzene rings is 2. The van der Waals surface area contributed by atoms with E-state index in [4.69, 9.17) is 0 Å². The first kappa shape index (κ1) is 27.0. The smallest absolute Gasteiger partial charge is 0.305 e. The van der Waals surface area contributed by atoms with Crippen molar-refractivity contribution in [3.8, 4) is 0 Å². The van der Waals surface area contributed by atoms with Gasteiger partial charge >= 0.3 is 5.97 Å². The van der Waals surface area contributed by atoms with Crippen LogP contribution in [-0.2, 0) is 20.8 Å². The summed E-state index contributed by atoms with van der Waals surface area (Å²) in [6.07, 6.45) is 1.95. The molecular weight excluding hydrogens is 507 g/mol. The van der Waals surface area contributed by atoms with Crippen LogP contribution in [-0.4, -0.2) is 51.0 Å². The van der Waals surface area contributed by atoms with Gasteiger partial charge in [0.25, 0.3) is 11.5 Å². The zero-order valence-electron chi connectivity index (χ0n) is 20.7. The number of ketones is 1. The molecule has 4 aromatic rings. The van der Waals surface area contributed by atoms with Crippen LogP contribution in [0.2, 0.25) is 0 Å². The van der Waals surface area contributed by atoms with Gasteiger partial charge in [-0.05, 0) is 42.3 Å². The third-order valence-corrected chi connectivity index (χ3v) is 6.15. The van der Waals surface area contributed by atoms with Crippen LogP contribution in [0.3, 0.4) is 0 Å². The first-order chi connectivity index (χ1) is 18.8. The summed E-state index contributed by atoms with van der Waals surface area (Å²) in [5.74, 6) is -4.01. The summed E-state index contributed by atoms with van der Waals surface area (Å²) in [5, 5.41) is 13.4. The fourth-order valence-corrected chi connectivity index (χ4v) is 4.26. The molecule has 2 aromatic heterocycles. The van der Waals surface area contributed by atoms with Crippen LogP contribution in [0.25, 0.3) is 10.9 Å². The van der Waals surface area contributed by atoms with Gasteiger partial charge in [0, 0.05) is 35.3 Å². The monoisotopic (exact) mass is 532 g/mol. The topological polar surface area (TPSA) is 142 Å². The quantitative estimate of drug-likeness (QED) is 0.271. The van der Waals surface area contributed by atoms with Crippen molar-refractivity contribution in [2.24, 2.45) is 0 Å². The van der Waals surface area contributed by atoms with Gasteiger partial charge in [0.05, 0.1) is 6.42 Å². The molecule has 0 unspecified atom stereocenters. The highest BCUT2D eigenvalue weighted by Crippen LogP contribution is 2.20. The van der Waals surface area contributed by atoms with Gasteiger partial charge in [0.1, 0.15) is 18.4 Å². The minimum atomic E-state index is -1.79. The zero-order valence-corrected chi connectivity index (χ0v) is 20.7. The van der Waals surface area contributed by atoms with Crippen LogP contribution in [0.5, 0.6) is 0 Å². The Morgan fingerprint density at radius 3 is 2.44 bits per heavy atom. The van der Waals surface area contributed by atoms with Crippen molar-refractivity contribution in [1.29, 1.82) is 0 Å². The number of halogens is 1. The molecule has 39 heavy (non-hydrogen) atoms. The maximum atomic E-state index is 13.5. The predicted octanol–water partition coefficient (Wildman–Crippen LogP) is 3.06. The Bertz CT molecular complexity index is 1580. The van der Waals surface area contributed by atoms with Crippen LogP contribution in [0.15, 0.2) is 83.9 Å². The Morgan fingerprint density at radius 1 is 1.00 bits per heavy atom. The number of Topliss-reactive ketones (excluding diaryl/α,β-unsaturated/α-hetero) is 1. The van der Waals surface area contributed by atoms with E-state index in [-0.39, 0.29) is 24.1 Å². The van der Waals surface area contributed by atoms with Gasteiger partial charge in [-0.15, -0.1) is 0 Å². The molecule has 2 heterocycles. The molecule has 200 valence electrons. The van der Waals surface area contributed by atoms with E-state index in [1.165, 1.54) is 12.1 Å². The zero-order chi connectivity index (χ0) is 27.9. The third-order valence-electron chi connectivity index (χ3n) is 6.15. The van der Waals surface area contributed by atoms with Crippen molar-refractivity contribution < 1.29 is 28.7 Å². The van der Waals surface area contributed by atoms with Crippen LogP contribution in [0.1, 0.15) is 28.8 Å². The number of aromatic nitrogens is 2. The molecule has 2 aromatic carbocycles. The lowest BCUT2D eigenvalue weighted by atomic mass is 10.1. The molecule has 0 fully saturated rings. The van der Waals surface area contributed by atoms with Gasteiger partial charge in [-0.1, -0.05) is 36.4 Å². The van der Waals surface area contributed by atoms with E-state index in [2.05, 4.69) is 10.3 Å². The first-order valence-electron chi connectivity index (χ1n) is 12.1. The summed E-state index contributed by atoms with van der Waals surface area (Å²) >= 11 is 0. The SMILES string of the molecule is O=C(O)C[C@H](C(=O)CF)N(C(=O)CCc1c[nH]c2ccccc12)n1cccc(NC(=O)c2ccccc2)c1=O. The number of hydrogen-bond donors (Lipinski definition) is 3.